The number of aliphatic imine (C=N–C) groups is 2. The number of nitrogens with zero attached hydrogens (tertiary/aromatic N) is 2. The van der Waals surface area contributed by atoms with Gasteiger partial charge in [0.15, 0.2) is 5.96 Å². The van der Waals surface area contributed by atoms with Crippen LogP contribution in [0.25, 0.3) is 0 Å². The van der Waals surface area contributed by atoms with E-state index < -0.39 is 0 Å². The number of thioether (sulfide) groups is 1. The second-order valence-corrected chi connectivity index (χ2v) is 4.93. The summed E-state index contributed by atoms with van der Waals surface area (Å²) in [4.78, 5) is 8.86. The first-order chi connectivity index (χ1) is 7.92. The van der Waals surface area contributed by atoms with Gasteiger partial charge in [0.05, 0.1) is 18.3 Å². The quantitative estimate of drug-likeness (QED) is 0.708. The molecule has 3 aliphatic heterocycles. The summed E-state index contributed by atoms with van der Waals surface area (Å²) in [5, 5.41) is 8.66. The summed E-state index contributed by atoms with van der Waals surface area (Å²) < 4.78 is 0. The van der Waals surface area contributed by atoms with Gasteiger partial charge in [0.1, 0.15) is 0 Å². The molecular weight excluding hydrogens is 220 g/mol. The number of allylic oxidation sites excluding steroid dienone is 1. The van der Waals surface area contributed by atoms with Gasteiger partial charge >= 0.3 is 0 Å². The second-order valence-electron chi connectivity index (χ2n) is 3.95. The van der Waals surface area contributed by atoms with Crippen LogP contribution in [0, 0.1) is 0 Å². The Hall–Kier alpha value is -1.23. The summed E-state index contributed by atoms with van der Waals surface area (Å²) in [6.07, 6.45) is 5.24. The van der Waals surface area contributed by atoms with Crippen LogP contribution >= 0.6 is 11.8 Å². The third-order valence-electron chi connectivity index (χ3n) is 2.77. The fraction of sp³-hybridized carbons (Fsp3) is 0.455. The number of hydrogen-bond donors (Lipinski definition) is 2. The summed E-state index contributed by atoms with van der Waals surface area (Å²) in [6.45, 7) is 1.78. The van der Waals surface area contributed by atoms with E-state index in [4.69, 9.17) is 0 Å². The lowest BCUT2D eigenvalue weighted by molar-refractivity contribution is 0.755. The highest BCUT2D eigenvalue weighted by atomic mass is 32.2. The van der Waals surface area contributed by atoms with Gasteiger partial charge < -0.3 is 10.6 Å². The number of rotatable bonds is 1. The van der Waals surface area contributed by atoms with Crippen LogP contribution in [0.1, 0.15) is 6.42 Å². The van der Waals surface area contributed by atoms with E-state index in [1.54, 1.807) is 0 Å². The lowest BCUT2D eigenvalue weighted by Gasteiger charge is -2.22. The Morgan fingerprint density at radius 3 is 3.38 bits per heavy atom. The molecule has 0 aromatic heterocycles. The maximum absolute atomic E-state index is 4.55. The van der Waals surface area contributed by atoms with E-state index in [0.717, 1.165) is 31.2 Å². The zero-order chi connectivity index (χ0) is 10.8. The van der Waals surface area contributed by atoms with E-state index >= 15 is 0 Å². The van der Waals surface area contributed by atoms with E-state index in [9.17, 15) is 0 Å². The van der Waals surface area contributed by atoms with Crippen molar-refractivity contribution in [1.29, 1.82) is 0 Å². The molecule has 3 aliphatic rings. The van der Waals surface area contributed by atoms with Crippen LogP contribution in [0.2, 0.25) is 0 Å². The van der Waals surface area contributed by atoms with Gasteiger partial charge in [-0.05, 0) is 29.2 Å². The molecule has 5 heteroatoms. The minimum atomic E-state index is 0.380. The molecule has 0 saturated heterocycles. The molecule has 3 rings (SSSR count). The maximum Gasteiger partial charge on any atom is 0.195 e. The monoisotopic (exact) mass is 234 g/mol. The largest absolute Gasteiger partial charge is 0.354 e. The standard InChI is InChI=1S/C11H14N4S/c1-4-16-7-8-5-9(6-14-10(1)8)15-11-12-2-3-13-11/h5-7,10H,1-4H2,(H2,12,13,15). The highest BCUT2D eigenvalue weighted by Gasteiger charge is 2.19. The Morgan fingerprint density at radius 1 is 1.50 bits per heavy atom. The van der Waals surface area contributed by atoms with Crippen molar-refractivity contribution in [2.24, 2.45) is 9.98 Å². The lowest BCUT2D eigenvalue weighted by atomic mass is 10.0. The second kappa shape index (κ2) is 4.33. The molecule has 3 heterocycles. The van der Waals surface area contributed by atoms with Crippen LogP contribution in [0.15, 0.2) is 32.7 Å². The summed E-state index contributed by atoms with van der Waals surface area (Å²) in [7, 11) is 0. The molecular formula is C11H14N4S. The molecule has 0 spiro atoms. The van der Waals surface area contributed by atoms with E-state index in [1.807, 2.05) is 18.0 Å². The molecule has 84 valence electrons. The van der Waals surface area contributed by atoms with Gasteiger partial charge in [-0.3, -0.25) is 9.98 Å². The number of hydrogen-bond acceptors (Lipinski definition) is 5. The van der Waals surface area contributed by atoms with E-state index in [0.29, 0.717) is 6.04 Å². The minimum Gasteiger partial charge on any atom is -0.354 e. The highest BCUT2D eigenvalue weighted by Crippen LogP contribution is 2.27. The van der Waals surface area contributed by atoms with Gasteiger partial charge in [0.25, 0.3) is 0 Å². The molecule has 0 fully saturated rings. The van der Waals surface area contributed by atoms with Gasteiger partial charge in [0, 0.05) is 12.8 Å². The SMILES string of the molecule is C1=NC2CCSC=C2C=C1NC1=NCCN1. The zero-order valence-electron chi connectivity index (χ0n) is 8.94. The molecule has 0 aliphatic carbocycles. The first-order valence-corrected chi connectivity index (χ1v) is 6.58. The third-order valence-corrected chi connectivity index (χ3v) is 3.68. The smallest absolute Gasteiger partial charge is 0.195 e. The fourth-order valence-corrected chi connectivity index (χ4v) is 2.84. The molecule has 16 heavy (non-hydrogen) atoms. The minimum absolute atomic E-state index is 0.380. The lowest BCUT2D eigenvalue weighted by Crippen LogP contribution is -2.34. The normalized spacial score (nSPS) is 27.5. The molecule has 0 aromatic rings. The number of guanidine groups is 1. The van der Waals surface area contributed by atoms with E-state index in [-0.39, 0.29) is 0 Å². The first kappa shape index (κ1) is 9.96. The van der Waals surface area contributed by atoms with Crippen molar-refractivity contribution in [1.82, 2.24) is 10.6 Å². The molecule has 1 unspecified atom stereocenters. The average Bonchev–Trinajstić information content (AvgIpc) is 2.82. The van der Waals surface area contributed by atoms with Crippen molar-refractivity contribution in [3.63, 3.8) is 0 Å². The van der Waals surface area contributed by atoms with Crippen molar-refractivity contribution in [3.05, 3.63) is 22.8 Å². The predicted molar refractivity (Wildman–Crippen MR) is 69.0 cm³/mol. The molecule has 2 N–H and O–H groups in total. The van der Waals surface area contributed by atoms with Crippen LogP contribution < -0.4 is 10.6 Å². The third kappa shape index (κ3) is 2.00. The van der Waals surface area contributed by atoms with Crippen molar-refractivity contribution < 1.29 is 0 Å². The maximum atomic E-state index is 4.55. The Labute approximate surface area is 99.0 Å². The van der Waals surface area contributed by atoms with Crippen molar-refractivity contribution in [2.45, 2.75) is 12.5 Å². The Balaban J connectivity index is 1.74. The number of nitrogens with one attached hydrogen (secondary N) is 2. The van der Waals surface area contributed by atoms with Crippen molar-refractivity contribution in [2.75, 3.05) is 18.8 Å². The molecule has 0 aromatic carbocycles. The van der Waals surface area contributed by atoms with Crippen LogP contribution in [-0.2, 0) is 0 Å². The van der Waals surface area contributed by atoms with Crippen LogP contribution in [-0.4, -0.2) is 37.1 Å². The first-order valence-electron chi connectivity index (χ1n) is 5.54. The van der Waals surface area contributed by atoms with Crippen LogP contribution in [0.4, 0.5) is 0 Å². The van der Waals surface area contributed by atoms with Gasteiger partial charge in [-0.2, -0.15) is 0 Å². The van der Waals surface area contributed by atoms with E-state index in [1.165, 1.54) is 11.3 Å². The predicted octanol–water partition coefficient (Wildman–Crippen LogP) is 0.893. The van der Waals surface area contributed by atoms with E-state index in [2.05, 4.69) is 32.1 Å². The van der Waals surface area contributed by atoms with Crippen molar-refractivity contribution >= 4 is 23.9 Å². The zero-order valence-corrected chi connectivity index (χ0v) is 9.76. The average molecular weight is 234 g/mol. The summed E-state index contributed by atoms with van der Waals surface area (Å²) >= 11 is 1.87. The Bertz CT molecular complexity index is 408. The molecule has 0 radical (unpaired) electrons. The summed E-state index contributed by atoms with van der Waals surface area (Å²) in [5.74, 6) is 2.04. The summed E-state index contributed by atoms with van der Waals surface area (Å²) in [6, 6.07) is 0.380. The number of fused-ring (bicyclic) bond motifs is 1. The van der Waals surface area contributed by atoms with Gasteiger partial charge in [-0.15, -0.1) is 11.8 Å². The topological polar surface area (TPSA) is 48.8 Å². The van der Waals surface area contributed by atoms with Crippen LogP contribution in [0.5, 0.6) is 0 Å². The van der Waals surface area contributed by atoms with Gasteiger partial charge in [0.2, 0.25) is 0 Å². The molecule has 1 atom stereocenters. The Morgan fingerprint density at radius 2 is 2.50 bits per heavy atom. The number of dihydropyridines is 1. The molecule has 4 nitrogen and oxygen atoms in total. The fourth-order valence-electron chi connectivity index (χ4n) is 1.94. The molecule has 0 amide bonds. The van der Waals surface area contributed by atoms with Crippen LogP contribution in [0.3, 0.4) is 0 Å². The van der Waals surface area contributed by atoms with Crippen molar-refractivity contribution in [3.8, 4) is 0 Å². The highest BCUT2D eigenvalue weighted by molar-refractivity contribution is 8.02. The Kier molecular flexibility index (Phi) is 2.70. The van der Waals surface area contributed by atoms with Gasteiger partial charge in [-0.1, -0.05) is 0 Å². The summed E-state index contributed by atoms with van der Waals surface area (Å²) in [5.41, 5.74) is 2.35. The molecule has 0 bridgehead atoms. The molecule has 0 saturated carbocycles. The van der Waals surface area contributed by atoms with Gasteiger partial charge in [-0.25, -0.2) is 0 Å².